The molecule has 0 saturated heterocycles. The van der Waals surface area contributed by atoms with Gasteiger partial charge in [-0.2, -0.15) is 0 Å². The molecule has 0 aromatic heterocycles. The van der Waals surface area contributed by atoms with Crippen LogP contribution in [0.4, 0.5) is 17.1 Å². The summed E-state index contributed by atoms with van der Waals surface area (Å²) in [7, 11) is 0. The van der Waals surface area contributed by atoms with Crippen LogP contribution in [0, 0.1) is 0 Å². The molecule has 13 rings (SSSR count). The maximum atomic E-state index is 2.54. The Morgan fingerprint density at radius 3 is 1.42 bits per heavy atom. The molecule has 0 radical (unpaired) electrons. The van der Waals surface area contributed by atoms with Crippen molar-refractivity contribution in [1.29, 1.82) is 0 Å². The van der Waals surface area contributed by atoms with Gasteiger partial charge >= 0.3 is 0 Å². The highest BCUT2D eigenvalue weighted by Crippen LogP contribution is 2.64. The molecular formula is C72H61N. The second-order valence-corrected chi connectivity index (χ2v) is 23.3. The molecule has 0 fully saturated rings. The molecule has 1 nitrogen and oxygen atoms in total. The van der Waals surface area contributed by atoms with Gasteiger partial charge in [0.15, 0.2) is 0 Å². The largest absolute Gasteiger partial charge is 0.309 e. The summed E-state index contributed by atoms with van der Waals surface area (Å²) in [5.74, 6) is 0. The Balaban J connectivity index is 0.976. The summed E-state index contributed by atoms with van der Waals surface area (Å²) in [5.41, 5.74) is 29.0. The normalized spacial score (nSPS) is 14.2. The number of rotatable bonds is 6. The molecule has 0 unspecified atom stereocenters. The lowest BCUT2D eigenvalue weighted by Gasteiger charge is -2.33. The van der Waals surface area contributed by atoms with Crippen molar-refractivity contribution in [3.63, 3.8) is 0 Å². The van der Waals surface area contributed by atoms with Crippen LogP contribution in [0.5, 0.6) is 0 Å². The van der Waals surface area contributed by atoms with Gasteiger partial charge in [0.05, 0.1) is 16.8 Å². The molecule has 0 saturated carbocycles. The van der Waals surface area contributed by atoms with Crippen molar-refractivity contribution in [2.45, 2.75) is 77.0 Å². The third kappa shape index (κ3) is 6.74. The molecule has 1 spiro atoms. The minimum absolute atomic E-state index is 0.00477. The Bertz CT molecular complexity index is 3770. The maximum Gasteiger partial charge on any atom is 0.0725 e. The number of fused-ring (bicyclic) bond motifs is 13. The quantitative estimate of drug-likeness (QED) is 0.161. The van der Waals surface area contributed by atoms with Crippen LogP contribution in [0.1, 0.15) is 99.9 Å². The van der Waals surface area contributed by atoms with Crippen LogP contribution in [-0.2, 0) is 21.7 Å². The summed E-state index contributed by atoms with van der Waals surface area (Å²) in [6.07, 6.45) is 0. The van der Waals surface area contributed by atoms with Crippen LogP contribution in [0.3, 0.4) is 0 Å². The van der Waals surface area contributed by atoms with Crippen LogP contribution in [0.25, 0.3) is 66.8 Å². The lowest BCUT2D eigenvalue weighted by Crippen LogP contribution is -2.27. The van der Waals surface area contributed by atoms with E-state index in [1.165, 1.54) is 111 Å². The van der Waals surface area contributed by atoms with Gasteiger partial charge < -0.3 is 4.90 Å². The third-order valence-electron chi connectivity index (χ3n) is 16.6. The van der Waals surface area contributed by atoms with Gasteiger partial charge in [-0.15, -0.1) is 0 Å². The van der Waals surface area contributed by atoms with Gasteiger partial charge in [0.25, 0.3) is 0 Å². The SMILES string of the molecule is CC(C)(C)c1ccc2c(c1)C1(c3ccccc3-c3cc(-c4ccc(N(c5ccccc5-c5ccccc5)c5ccccc5-c5cccc6c5-c5ccccc5C6(C)C)cc4)ccc31)c1cc(C(C)(C)C)ccc1-2. The summed E-state index contributed by atoms with van der Waals surface area (Å²) in [6.45, 7) is 18.8. The van der Waals surface area contributed by atoms with E-state index >= 15 is 0 Å². The Morgan fingerprint density at radius 1 is 0.301 bits per heavy atom. The first-order chi connectivity index (χ1) is 35.2. The number of para-hydroxylation sites is 2. The van der Waals surface area contributed by atoms with Crippen molar-refractivity contribution in [2.24, 2.45) is 0 Å². The molecule has 3 aliphatic carbocycles. The molecular weight excluding hydrogens is 879 g/mol. The van der Waals surface area contributed by atoms with E-state index in [-0.39, 0.29) is 16.2 Å². The monoisotopic (exact) mass is 939 g/mol. The second-order valence-electron chi connectivity index (χ2n) is 23.3. The number of hydrogen-bond donors (Lipinski definition) is 0. The van der Waals surface area contributed by atoms with Crippen LogP contribution < -0.4 is 4.90 Å². The highest BCUT2D eigenvalue weighted by molar-refractivity contribution is 6.01. The minimum Gasteiger partial charge on any atom is -0.309 e. The zero-order valence-electron chi connectivity index (χ0n) is 43.3. The van der Waals surface area contributed by atoms with Crippen molar-refractivity contribution < 1.29 is 0 Å². The smallest absolute Gasteiger partial charge is 0.0725 e. The Labute approximate surface area is 432 Å². The highest BCUT2D eigenvalue weighted by Gasteiger charge is 2.52. The topological polar surface area (TPSA) is 3.24 Å². The van der Waals surface area contributed by atoms with Gasteiger partial charge in [0.2, 0.25) is 0 Å². The molecule has 1 heteroatoms. The van der Waals surface area contributed by atoms with E-state index in [4.69, 9.17) is 0 Å². The van der Waals surface area contributed by atoms with Gasteiger partial charge in [-0.25, -0.2) is 0 Å². The zero-order valence-corrected chi connectivity index (χ0v) is 43.3. The summed E-state index contributed by atoms with van der Waals surface area (Å²) in [5, 5.41) is 0. The standard InChI is InChI=1S/C72H61N/c1-69(2,3)49-36-40-54-55-41-37-50(70(4,5)6)45-65(55)72(64(54)44-49)61-29-17-12-24-53(61)59-43-48(35-42-62(59)72)46-33-38-51(39-34-46)73(66-31-18-14-23-52(66)47-21-10-9-11-22-47)67-32-19-15-25-56(67)57-27-20-30-63-68(57)58-26-13-16-28-60(58)71(63,7)8/h9-45H,1-8H3. The lowest BCUT2D eigenvalue weighted by atomic mass is 9.68. The van der Waals surface area contributed by atoms with E-state index < -0.39 is 5.41 Å². The zero-order chi connectivity index (χ0) is 50.0. The van der Waals surface area contributed by atoms with Crippen molar-refractivity contribution in [2.75, 3.05) is 4.90 Å². The number of nitrogens with zero attached hydrogens (tertiary/aromatic N) is 1. The Hall–Kier alpha value is -8.00. The van der Waals surface area contributed by atoms with Crippen LogP contribution in [0.15, 0.2) is 224 Å². The molecule has 10 aromatic rings. The molecule has 354 valence electrons. The fourth-order valence-electron chi connectivity index (χ4n) is 12.9. The second kappa shape index (κ2) is 16.3. The molecule has 0 atom stereocenters. The summed E-state index contributed by atoms with van der Waals surface area (Å²) in [6, 6.07) is 85.1. The highest BCUT2D eigenvalue weighted by atomic mass is 15.1. The molecule has 0 bridgehead atoms. The summed E-state index contributed by atoms with van der Waals surface area (Å²) < 4.78 is 0. The van der Waals surface area contributed by atoms with E-state index in [2.05, 4.69) is 285 Å². The fourth-order valence-corrected chi connectivity index (χ4v) is 12.9. The molecule has 73 heavy (non-hydrogen) atoms. The number of benzene rings is 10. The van der Waals surface area contributed by atoms with Gasteiger partial charge in [0, 0.05) is 22.2 Å². The summed E-state index contributed by atoms with van der Waals surface area (Å²) in [4.78, 5) is 2.49. The van der Waals surface area contributed by atoms with E-state index in [1.807, 2.05) is 0 Å². The van der Waals surface area contributed by atoms with Crippen LogP contribution in [-0.4, -0.2) is 0 Å². The average Bonchev–Trinajstić information content (AvgIpc) is 3.96. The molecule has 0 aliphatic heterocycles. The Morgan fingerprint density at radius 2 is 0.781 bits per heavy atom. The molecule has 0 heterocycles. The van der Waals surface area contributed by atoms with Gasteiger partial charge in [-0.1, -0.05) is 250 Å². The molecule has 10 aromatic carbocycles. The first-order valence-corrected chi connectivity index (χ1v) is 26.2. The van der Waals surface area contributed by atoms with Crippen molar-refractivity contribution in [1.82, 2.24) is 0 Å². The van der Waals surface area contributed by atoms with Gasteiger partial charge in [-0.3, -0.25) is 0 Å². The third-order valence-corrected chi connectivity index (χ3v) is 16.6. The maximum absolute atomic E-state index is 2.54. The van der Waals surface area contributed by atoms with Crippen LogP contribution >= 0.6 is 0 Å². The predicted octanol–water partition coefficient (Wildman–Crippen LogP) is 19.4. The Kier molecular flexibility index (Phi) is 10.0. The molecule has 3 aliphatic rings. The predicted molar refractivity (Wildman–Crippen MR) is 309 cm³/mol. The van der Waals surface area contributed by atoms with Crippen LogP contribution in [0.2, 0.25) is 0 Å². The van der Waals surface area contributed by atoms with Crippen molar-refractivity contribution >= 4 is 17.1 Å². The average molecular weight is 940 g/mol. The summed E-state index contributed by atoms with van der Waals surface area (Å²) >= 11 is 0. The van der Waals surface area contributed by atoms with Gasteiger partial charge in [-0.05, 0) is 141 Å². The van der Waals surface area contributed by atoms with E-state index in [0.29, 0.717) is 0 Å². The van der Waals surface area contributed by atoms with E-state index in [0.717, 1.165) is 17.1 Å². The fraction of sp³-hybridized carbons (Fsp3) is 0.167. The van der Waals surface area contributed by atoms with E-state index in [9.17, 15) is 0 Å². The van der Waals surface area contributed by atoms with Crippen molar-refractivity contribution in [3.8, 4) is 66.8 Å². The molecule has 0 N–H and O–H groups in total. The lowest BCUT2D eigenvalue weighted by molar-refractivity contribution is 0.586. The molecule has 0 amide bonds. The van der Waals surface area contributed by atoms with E-state index in [1.54, 1.807) is 0 Å². The number of anilines is 3. The first-order valence-electron chi connectivity index (χ1n) is 26.2. The first kappa shape index (κ1) is 44.9. The van der Waals surface area contributed by atoms with Gasteiger partial charge in [0.1, 0.15) is 0 Å². The number of hydrogen-bond acceptors (Lipinski definition) is 1. The van der Waals surface area contributed by atoms with Crippen molar-refractivity contribution in [3.05, 3.63) is 269 Å². The minimum atomic E-state index is -0.432.